The van der Waals surface area contributed by atoms with Gasteiger partial charge in [0, 0.05) is 25.1 Å². The van der Waals surface area contributed by atoms with Gasteiger partial charge in [-0.1, -0.05) is 12.1 Å². The third kappa shape index (κ3) is 3.84. The molecule has 2 aromatic heterocycles. The molecule has 0 aliphatic carbocycles. The minimum Gasteiger partial charge on any atom is -0.493 e. The van der Waals surface area contributed by atoms with Crippen molar-refractivity contribution in [1.82, 2.24) is 14.3 Å². The van der Waals surface area contributed by atoms with Crippen LogP contribution in [0.25, 0.3) is 5.82 Å². The highest BCUT2D eigenvalue weighted by atomic mass is 16.5. The van der Waals surface area contributed by atoms with Crippen LogP contribution in [0.15, 0.2) is 79.3 Å². The highest BCUT2D eigenvalue weighted by Crippen LogP contribution is 2.31. The number of para-hydroxylation sites is 2. The van der Waals surface area contributed by atoms with E-state index >= 15 is 0 Å². The van der Waals surface area contributed by atoms with E-state index in [1.165, 1.54) is 0 Å². The molecule has 0 aliphatic heterocycles. The molecule has 0 spiro atoms. The van der Waals surface area contributed by atoms with Crippen molar-refractivity contribution in [2.45, 2.75) is 0 Å². The predicted molar refractivity (Wildman–Crippen MR) is 110 cm³/mol. The van der Waals surface area contributed by atoms with Gasteiger partial charge in [-0.3, -0.25) is 9.48 Å². The number of anilines is 1. The number of benzene rings is 2. The monoisotopic (exact) mass is 388 g/mol. The van der Waals surface area contributed by atoms with Crippen LogP contribution < -0.4 is 14.8 Å². The summed E-state index contributed by atoms with van der Waals surface area (Å²) in [6, 6.07) is 18.4. The van der Waals surface area contributed by atoms with Crippen LogP contribution in [0.1, 0.15) is 10.4 Å². The Labute approximate surface area is 168 Å². The summed E-state index contributed by atoms with van der Waals surface area (Å²) in [6.07, 6.45) is 5.30. The summed E-state index contributed by atoms with van der Waals surface area (Å²) in [4.78, 5) is 12.8. The highest BCUT2D eigenvalue weighted by molar-refractivity contribution is 6.06. The molecule has 29 heavy (non-hydrogen) atoms. The molecule has 0 saturated heterocycles. The van der Waals surface area contributed by atoms with Crippen molar-refractivity contribution in [3.63, 3.8) is 0 Å². The van der Waals surface area contributed by atoms with Gasteiger partial charge in [-0.2, -0.15) is 5.10 Å². The number of nitrogens with one attached hydrogen (secondary N) is 1. The number of rotatable bonds is 6. The first-order valence-electron chi connectivity index (χ1n) is 9.03. The minimum absolute atomic E-state index is 0.236. The summed E-state index contributed by atoms with van der Waals surface area (Å²) < 4.78 is 14.7. The second-order valence-electron chi connectivity index (χ2n) is 6.33. The predicted octanol–water partition coefficient (Wildman–Crippen LogP) is 4.26. The van der Waals surface area contributed by atoms with E-state index in [2.05, 4.69) is 10.4 Å². The van der Waals surface area contributed by atoms with Gasteiger partial charge in [-0.05, 0) is 48.5 Å². The van der Waals surface area contributed by atoms with Gasteiger partial charge in [0.25, 0.3) is 5.91 Å². The Kier molecular flexibility index (Phi) is 5.03. The van der Waals surface area contributed by atoms with Crippen molar-refractivity contribution in [1.29, 1.82) is 0 Å². The fourth-order valence-electron chi connectivity index (χ4n) is 3.01. The van der Waals surface area contributed by atoms with Gasteiger partial charge in [0.05, 0.1) is 13.3 Å². The summed E-state index contributed by atoms with van der Waals surface area (Å²) in [7, 11) is 3.40. The SMILES string of the molecule is COc1ccccc1Oc1ccc(NC(=O)c2cnn(C)c2-n2cccc2)cc1. The number of carbonyl (C=O) groups is 1. The Bertz CT molecular complexity index is 1120. The summed E-state index contributed by atoms with van der Waals surface area (Å²) in [5.74, 6) is 2.38. The van der Waals surface area contributed by atoms with Crippen molar-refractivity contribution in [2.75, 3.05) is 12.4 Å². The molecule has 0 radical (unpaired) electrons. The molecule has 7 nitrogen and oxygen atoms in total. The average molecular weight is 388 g/mol. The van der Waals surface area contributed by atoms with Crippen LogP contribution in [0, 0.1) is 0 Å². The second kappa shape index (κ2) is 7.93. The lowest BCUT2D eigenvalue weighted by Gasteiger charge is -2.11. The number of methoxy groups -OCH3 is 1. The number of hydrogen-bond acceptors (Lipinski definition) is 4. The fraction of sp³-hybridized carbons (Fsp3) is 0.0909. The number of nitrogens with zero attached hydrogens (tertiary/aromatic N) is 3. The standard InChI is InChI=1S/C22H20N4O3/c1-25-22(26-13-5-6-14-26)18(15-23-25)21(27)24-16-9-11-17(12-10-16)29-20-8-4-3-7-19(20)28-2/h3-15H,1-2H3,(H,24,27). The smallest absolute Gasteiger partial charge is 0.261 e. The van der Waals surface area contributed by atoms with E-state index in [0.717, 1.165) is 0 Å². The molecule has 1 amide bonds. The highest BCUT2D eigenvalue weighted by Gasteiger charge is 2.17. The quantitative estimate of drug-likeness (QED) is 0.536. The third-order valence-electron chi connectivity index (χ3n) is 4.41. The van der Waals surface area contributed by atoms with E-state index in [0.29, 0.717) is 34.3 Å². The molecule has 0 atom stereocenters. The van der Waals surface area contributed by atoms with Crippen molar-refractivity contribution in [3.05, 3.63) is 84.8 Å². The molecule has 0 saturated carbocycles. The Balaban J connectivity index is 1.49. The number of ether oxygens (including phenoxy) is 2. The largest absolute Gasteiger partial charge is 0.493 e. The lowest BCUT2D eigenvalue weighted by molar-refractivity contribution is 0.102. The lowest BCUT2D eigenvalue weighted by atomic mass is 10.2. The first kappa shape index (κ1) is 18.4. The molecule has 2 aromatic carbocycles. The maximum atomic E-state index is 12.8. The van der Waals surface area contributed by atoms with Crippen molar-refractivity contribution in [2.24, 2.45) is 7.05 Å². The van der Waals surface area contributed by atoms with Gasteiger partial charge >= 0.3 is 0 Å². The van der Waals surface area contributed by atoms with Crippen LogP contribution in [-0.2, 0) is 7.05 Å². The maximum Gasteiger partial charge on any atom is 0.261 e. The van der Waals surface area contributed by atoms with Crippen LogP contribution in [0.2, 0.25) is 0 Å². The Hall–Kier alpha value is -4.00. The number of amides is 1. The zero-order valence-corrected chi connectivity index (χ0v) is 16.1. The zero-order chi connectivity index (χ0) is 20.2. The summed E-state index contributed by atoms with van der Waals surface area (Å²) in [6.45, 7) is 0. The van der Waals surface area contributed by atoms with Crippen molar-refractivity contribution >= 4 is 11.6 Å². The molecule has 146 valence electrons. The van der Waals surface area contributed by atoms with E-state index in [4.69, 9.17) is 9.47 Å². The summed E-state index contributed by atoms with van der Waals surface area (Å²) in [5.41, 5.74) is 1.14. The van der Waals surface area contributed by atoms with Crippen LogP contribution in [0.3, 0.4) is 0 Å². The van der Waals surface area contributed by atoms with Crippen LogP contribution in [-0.4, -0.2) is 27.4 Å². The van der Waals surface area contributed by atoms with Gasteiger partial charge in [0.2, 0.25) is 0 Å². The lowest BCUT2D eigenvalue weighted by Crippen LogP contribution is -2.14. The van der Waals surface area contributed by atoms with Gasteiger partial charge in [-0.25, -0.2) is 0 Å². The fourth-order valence-corrected chi connectivity index (χ4v) is 3.01. The summed E-state index contributed by atoms with van der Waals surface area (Å²) >= 11 is 0. The molecule has 4 aromatic rings. The van der Waals surface area contributed by atoms with E-state index in [-0.39, 0.29) is 5.91 Å². The van der Waals surface area contributed by atoms with Gasteiger partial charge in [0.1, 0.15) is 17.1 Å². The van der Waals surface area contributed by atoms with E-state index < -0.39 is 0 Å². The molecule has 2 heterocycles. The molecule has 0 unspecified atom stereocenters. The van der Waals surface area contributed by atoms with Crippen LogP contribution in [0.4, 0.5) is 5.69 Å². The normalized spacial score (nSPS) is 10.6. The maximum absolute atomic E-state index is 12.8. The minimum atomic E-state index is -0.236. The summed E-state index contributed by atoms with van der Waals surface area (Å²) in [5, 5.41) is 7.12. The molecule has 0 fully saturated rings. The number of carbonyl (C=O) groups excluding carboxylic acids is 1. The first-order chi connectivity index (χ1) is 14.2. The molecule has 0 bridgehead atoms. The molecule has 0 aliphatic rings. The van der Waals surface area contributed by atoms with E-state index in [1.54, 1.807) is 49.3 Å². The van der Waals surface area contributed by atoms with E-state index in [1.807, 2.05) is 53.4 Å². The van der Waals surface area contributed by atoms with Crippen molar-refractivity contribution in [3.8, 4) is 23.1 Å². The molecule has 7 heteroatoms. The third-order valence-corrected chi connectivity index (χ3v) is 4.41. The van der Waals surface area contributed by atoms with Gasteiger partial charge in [0.15, 0.2) is 11.5 Å². The Morgan fingerprint density at radius 2 is 1.66 bits per heavy atom. The molecular formula is C22H20N4O3. The zero-order valence-electron chi connectivity index (χ0n) is 16.1. The van der Waals surface area contributed by atoms with Gasteiger partial charge < -0.3 is 19.4 Å². The molecule has 4 rings (SSSR count). The van der Waals surface area contributed by atoms with Crippen LogP contribution >= 0.6 is 0 Å². The average Bonchev–Trinajstić information content (AvgIpc) is 3.39. The number of hydrogen-bond donors (Lipinski definition) is 1. The first-order valence-corrected chi connectivity index (χ1v) is 9.03. The Morgan fingerprint density at radius 3 is 2.34 bits per heavy atom. The van der Waals surface area contributed by atoms with E-state index in [9.17, 15) is 4.79 Å². The molecule has 1 N–H and O–H groups in total. The number of aryl methyl sites for hydroxylation is 1. The topological polar surface area (TPSA) is 70.3 Å². The second-order valence-corrected chi connectivity index (χ2v) is 6.33. The number of aromatic nitrogens is 3. The van der Waals surface area contributed by atoms with Crippen molar-refractivity contribution < 1.29 is 14.3 Å². The van der Waals surface area contributed by atoms with Crippen LogP contribution in [0.5, 0.6) is 17.2 Å². The van der Waals surface area contributed by atoms with Gasteiger partial charge in [-0.15, -0.1) is 0 Å². The molecular weight excluding hydrogens is 368 g/mol. The Morgan fingerprint density at radius 1 is 0.966 bits per heavy atom.